The smallest absolute Gasteiger partial charge is 0.119 e. The Labute approximate surface area is 102 Å². The highest BCUT2D eigenvalue weighted by molar-refractivity contribution is 9.10. The van der Waals surface area contributed by atoms with Crippen molar-refractivity contribution in [3.05, 3.63) is 28.2 Å². The van der Waals surface area contributed by atoms with Crippen LogP contribution in [0.5, 0.6) is 5.75 Å². The third kappa shape index (κ3) is 4.01. The SMILES string of the molecule is Cc1cc(OCCCCBr)ccc1Br. The molecule has 0 aliphatic rings. The fourth-order valence-electron chi connectivity index (χ4n) is 1.09. The number of unbranched alkanes of at least 4 members (excludes halogenated alkanes) is 1. The molecule has 0 heterocycles. The van der Waals surface area contributed by atoms with E-state index in [2.05, 4.69) is 44.8 Å². The van der Waals surface area contributed by atoms with Crippen LogP contribution in [0.15, 0.2) is 22.7 Å². The fourth-order valence-corrected chi connectivity index (χ4v) is 1.74. The summed E-state index contributed by atoms with van der Waals surface area (Å²) in [4.78, 5) is 0. The summed E-state index contributed by atoms with van der Waals surface area (Å²) in [6.45, 7) is 2.86. The van der Waals surface area contributed by atoms with Crippen LogP contribution in [0.3, 0.4) is 0 Å². The van der Waals surface area contributed by atoms with E-state index in [1.54, 1.807) is 0 Å². The van der Waals surface area contributed by atoms with Crippen molar-refractivity contribution in [2.24, 2.45) is 0 Å². The first kappa shape index (κ1) is 12.1. The van der Waals surface area contributed by atoms with Crippen LogP contribution in [0.25, 0.3) is 0 Å². The quantitative estimate of drug-likeness (QED) is 0.580. The van der Waals surface area contributed by atoms with Gasteiger partial charge in [0.05, 0.1) is 6.61 Å². The molecule has 0 saturated heterocycles. The van der Waals surface area contributed by atoms with E-state index in [-0.39, 0.29) is 0 Å². The molecule has 0 saturated carbocycles. The molecule has 0 unspecified atom stereocenters. The monoisotopic (exact) mass is 320 g/mol. The third-order valence-electron chi connectivity index (χ3n) is 1.93. The van der Waals surface area contributed by atoms with E-state index < -0.39 is 0 Å². The van der Waals surface area contributed by atoms with Gasteiger partial charge in [0, 0.05) is 9.80 Å². The summed E-state index contributed by atoms with van der Waals surface area (Å²) in [5.41, 5.74) is 1.21. The molecule has 0 fully saturated rings. The minimum atomic E-state index is 0.798. The van der Waals surface area contributed by atoms with Gasteiger partial charge in [-0.15, -0.1) is 0 Å². The normalized spacial score (nSPS) is 10.2. The molecule has 1 rings (SSSR count). The van der Waals surface area contributed by atoms with Crippen LogP contribution < -0.4 is 4.74 Å². The summed E-state index contributed by atoms with van der Waals surface area (Å²) in [6.07, 6.45) is 2.26. The zero-order valence-corrected chi connectivity index (χ0v) is 11.4. The molecule has 0 aliphatic carbocycles. The Balaban J connectivity index is 2.39. The number of halogens is 2. The van der Waals surface area contributed by atoms with Crippen molar-refractivity contribution in [1.82, 2.24) is 0 Å². The van der Waals surface area contributed by atoms with Gasteiger partial charge < -0.3 is 4.74 Å². The lowest BCUT2D eigenvalue weighted by Gasteiger charge is -2.06. The molecule has 1 nitrogen and oxygen atoms in total. The van der Waals surface area contributed by atoms with Crippen molar-refractivity contribution in [2.75, 3.05) is 11.9 Å². The molecule has 0 aliphatic heterocycles. The Morgan fingerprint density at radius 2 is 2.07 bits per heavy atom. The maximum Gasteiger partial charge on any atom is 0.119 e. The number of hydrogen-bond acceptors (Lipinski definition) is 1. The van der Waals surface area contributed by atoms with Gasteiger partial charge in [0.25, 0.3) is 0 Å². The van der Waals surface area contributed by atoms with E-state index in [0.717, 1.165) is 35.0 Å². The Morgan fingerprint density at radius 3 is 2.71 bits per heavy atom. The lowest BCUT2D eigenvalue weighted by atomic mass is 10.2. The number of hydrogen-bond donors (Lipinski definition) is 0. The summed E-state index contributed by atoms with van der Waals surface area (Å²) >= 11 is 6.86. The minimum Gasteiger partial charge on any atom is -0.494 e. The zero-order chi connectivity index (χ0) is 10.4. The summed E-state index contributed by atoms with van der Waals surface area (Å²) in [5, 5.41) is 1.05. The maximum atomic E-state index is 5.60. The number of rotatable bonds is 5. The second-order valence-electron chi connectivity index (χ2n) is 3.16. The lowest BCUT2D eigenvalue weighted by molar-refractivity contribution is 0.310. The largest absolute Gasteiger partial charge is 0.494 e. The van der Waals surface area contributed by atoms with Gasteiger partial charge in [-0.05, 0) is 43.5 Å². The van der Waals surface area contributed by atoms with Gasteiger partial charge in [0.15, 0.2) is 0 Å². The Hall–Kier alpha value is -0.0200. The fraction of sp³-hybridized carbons (Fsp3) is 0.455. The number of benzene rings is 1. The van der Waals surface area contributed by atoms with Crippen molar-refractivity contribution in [3.63, 3.8) is 0 Å². The Kier molecular flexibility index (Phi) is 5.56. The first-order valence-corrected chi connectivity index (χ1v) is 6.60. The first-order chi connectivity index (χ1) is 6.74. The predicted octanol–water partition coefficient (Wildman–Crippen LogP) is 4.31. The van der Waals surface area contributed by atoms with Crippen molar-refractivity contribution >= 4 is 31.9 Å². The number of alkyl halides is 1. The topological polar surface area (TPSA) is 9.23 Å². The number of ether oxygens (including phenoxy) is 1. The van der Waals surface area contributed by atoms with E-state index in [4.69, 9.17) is 4.74 Å². The second-order valence-corrected chi connectivity index (χ2v) is 4.80. The van der Waals surface area contributed by atoms with Gasteiger partial charge in [-0.3, -0.25) is 0 Å². The van der Waals surface area contributed by atoms with Crippen molar-refractivity contribution in [2.45, 2.75) is 19.8 Å². The highest BCUT2D eigenvalue weighted by Crippen LogP contribution is 2.21. The van der Waals surface area contributed by atoms with Gasteiger partial charge >= 0.3 is 0 Å². The van der Waals surface area contributed by atoms with Gasteiger partial charge in [-0.25, -0.2) is 0 Å². The molecule has 0 amide bonds. The van der Waals surface area contributed by atoms with Crippen LogP contribution in [0.1, 0.15) is 18.4 Å². The molecule has 14 heavy (non-hydrogen) atoms. The van der Waals surface area contributed by atoms with Crippen LogP contribution >= 0.6 is 31.9 Å². The second kappa shape index (κ2) is 6.46. The molecule has 78 valence electrons. The van der Waals surface area contributed by atoms with Gasteiger partial charge in [-0.2, -0.15) is 0 Å². The van der Waals surface area contributed by atoms with Crippen LogP contribution in [0.2, 0.25) is 0 Å². The lowest BCUT2D eigenvalue weighted by Crippen LogP contribution is -1.97. The minimum absolute atomic E-state index is 0.798. The summed E-state index contributed by atoms with van der Waals surface area (Å²) in [6, 6.07) is 6.07. The average molecular weight is 322 g/mol. The molecule has 1 aromatic rings. The van der Waals surface area contributed by atoms with Gasteiger partial charge in [0.2, 0.25) is 0 Å². The molecule has 0 atom stereocenters. The Bertz CT molecular complexity index is 287. The van der Waals surface area contributed by atoms with E-state index >= 15 is 0 Å². The molecular formula is C11H14Br2O. The molecule has 0 bridgehead atoms. The third-order valence-corrected chi connectivity index (χ3v) is 3.38. The summed E-state index contributed by atoms with van der Waals surface area (Å²) in [5.74, 6) is 0.959. The summed E-state index contributed by atoms with van der Waals surface area (Å²) in [7, 11) is 0. The van der Waals surface area contributed by atoms with Crippen LogP contribution in [0.4, 0.5) is 0 Å². The van der Waals surface area contributed by atoms with Crippen molar-refractivity contribution in [3.8, 4) is 5.75 Å². The van der Waals surface area contributed by atoms with E-state index in [1.165, 1.54) is 5.56 Å². The number of aryl methyl sites for hydroxylation is 1. The molecule has 0 aromatic heterocycles. The van der Waals surface area contributed by atoms with Crippen LogP contribution in [0, 0.1) is 6.92 Å². The molecular weight excluding hydrogens is 308 g/mol. The average Bonchev–Trinajstić information content (AvgIpc) is 2.18. The summed E-state index contributed by atoms with van der Waals surface area (Å²) < 4.78 is 6.73. The molecule has 1 aromatic carbocycles. The molecule has 0 N–H and O–H groups in total. The van der Waals surface area contributed by atoms with Crippen molar-refractivity contribution in [1.29, 1.82) is 0 Å². The van der Waals surface area contributed by atoms with Crippen molar-refractivity contribution < 1.29 is 4.74 Å². The van der Waals surface area contributed by atoms with E-state index in [0.29, 0.717) is 0 Å². The Morgan fingerprint density at radius 1 is 1.29 bits per heavy atom. The highest BCUT2D eigenvalue weighted by Gasteiger charge is 1.97. The molecule has 0 radical (unpaired) electrons. The predicted molar refractivity (Wildman–Crippen MR) is 67.4 cm³/mol. The molecule has 0 spiro atoms. The standard InChI is InChI=1S/C11H14Br2O/c1-9-8-10(4-5-11(9)13)14-7-3-2-6-12/h4-5,8H,2-3,6-7H2,1H3. The first-order valence-electron chi connectivity index (χ1n) is 4.69. The van der Waals surface area contributed by atoms with Gasteiger partial charge in [-0.1, -0.05) is 31.9 Å². The van der Waals surface area contributed by atoms with E-state index in [1.807, 2.05) is 12.1 Å². The van der Waals surface area contributed by atoms with Crippen LogP contribution in [-0.2, 0) is 0 Å². The van der Waals surface area contributed by atoms with Crippen LogP contribution in [-0.4, -0.2) is 11.9 Å². The highest BCUT2D eigenvalue weighted by atomic mass is 79.9. The van der Waals surface area contributed by atoms with E-state index in [9.17, 15) is 0 Å². The zero-order valence-electron chi connectivity index (χ0n) is 8.22. The maximum absolute atomic E-state index is 5.60. The molecule has 3 heteroatoms. The van der Waals surface area contributed by atoms with Gasteiger partial charge in [0.1, 0.15) is 5.75 Å².